The van der Waals surface area contributed by atoms with Crippen molar-refractivity contribution < 1.29 is 9.32 Å². The van der Waals surface area contributed by atoms with E-state index in [9.17, 15) is 4.79 Å². The lowest BCUT2D eigenvalue weighted by Crippen LogP contribution is -2.48. The van der Waals surface area contributed by atoms with E-state index < -0.39 is 0 Å². The minimum Gasteiger partial charge on any atom is -0.342 e. The summed E-state index contributed by atoms with van der Waals surface area (Å²) in [7, 11) is 0. The Labute approximate surface area is 221 Å². The van der Waals surface area contributed by atoms with Crippen LogP contribution in [0.4, 0.5) is 0 Å². The summed E-state index contributed by atoms with van der Waals surface area (Å²) in [5.74, 6) is 3.38. The molecule has 9 heteroatoms. The Hall–Kier alpha value is -3.59. The molecule has 1 amide bonds. The van der Waals surface area contributed by atoms with Crippen LogP contribution in [0.25, 0.3) is 22.5 Å². The van der Waals surface area contributed by atoms with E-state index in [4.69, 9.17) is 9.51 Å². The topological polar surface area (TPSA) is 104 Å². The SMILES string of the molecule is O=C(C1CC1)N1CCN(Cc2ccnc(Cc3nc4ccc(-c5nc(C6CCCC6)no5)cc4[nH]3)c2)CC1. The van der Waals surface area contributed by atoms with Crippen LogP contribution >= 0.6 is 0 Å². The molecule has 4 heterocycles. The molecular formula is C29H33N7O2. The summed E-state index contributed by atoms with van der Waals surface area (Å²) in [5.41, 5.74) is 5.00. The van der Waals surface area contributed by atoms with Gasteiger partial charge >= 0.3 is 0 Å². The lowest BCUT2D eigenvalue weighted by molar-refractivity contribution is -0.134. The molecule has 0 unspecified atom stereocenters. The Kier molecular flexibility index (Phi) is 6.15. The van der Waals surface area contributed by atoms with E-state index in [-0.39, 0.29) is 0 Å². The maximum absolute atomic E-state index is 12.3. The summed E-state index contributed by atoms with van der Waals surface area (Å²) in [6, 6.07) is 10.3. The van der Waals surface area contributed by atoms with Gasteiger partial charge in [0.15, 0.2) is 5.82 Å². The van der Waals surface area contributed by atoms with Gasteiger partial charge in [0.2, 0.25) is 5.91 Å². The Morgan fingerprint density at radius 3 is 2.66 bits per heavy atom. The molecule has 0 radical (unpaired) electrons. The van der Waals surface area contributed by atoms with Gasteiger partial charge in [-0.3, -0.25) is 14.7 Å². The van der Waals surface area contributed by atoms with Crippen LogP contribution in [0.2, 0.25) is 0 Å². The number of benzene rings is 1. The molecule has 1 saturated heterocycles. The van der Waals surface area contributed by atoms with E-state index in [0.29, 0.717) is 30.1 Å². The first-order chi connectivity index (χ1) is 18.7. The van der Waals surface area contributed by atoms with Gasteiger partial charge in [0.1, 0.15) is 5.82 Å². The van der Waals surface area contributed by atoms with Gasteiger partial charge in [-0.1, -0.05) is 18.0 Å². The third-order valence-electron chi connectivity index (χ3n) is 8.19. The molecule has 1 aliphatic heterocycles. The summed E-state index contributed by atoms with van der Waals surface area (Å²) < 4.78 is 5.59. The van der Waals surface area contributed by atoms with Crippen molar-refractivity contribution in [3.63, 3.8) is 0 Å². The molecule has 38 heavy (non-hydrogen) atoms. The molecule has 2 aliphatic carbocycles. The van der Waals surface area contributed by atoms with Crippen molar-refractivity contribution in [3.05, 3.63) is 59.4 Å². The van der Waals surface area contributed by atoms with Gasteiger partial charge in [-0.05, 0) is 61.6 Å². The van der Waals surface area contributed by atoms with E-state index in [0.717, 1.165) is 92.3 Å². The van der Waals surface area contributed by atoms with Gasteiger partial charge in [-0.25, -0.2) is 4.98 Å². The molecule has 0 atom stereocenters. The van der Waals surface area contributed by atoms with E-state index >= 15 is 0 Å². The fourth-order valence-corrected chi connectivity index (χ4v) is 5.85. The fourth-order valence-electron chi connectivity index (χ4n) is 5.85. The summed E-state index contributed by atoms with van der Waals surface area (Å²) in [6.45, 7) is 4.38. The van der Waals surface area contributed by atoms with Crippen molar-refractivity contribution in [1.82, 2.24) is 34.9 Å². The molecule has 196 valence electrons. The number of rotatable bonds is 7. The van der Waals surface area contributed by atoms with Crippen molar-refractivity contribution in [2.24, 2.45) is 5.92 Å². The average molecular weight is 512 g/mol. The van der Waals surface area contributed by atoms with Crippen molar-refractivity contribution in [1.29, 1.82) is 0 Å². The number of pyridine rings is 1. The molecule has 3 fully saturated rings. The Bertz CT molecular complexity index is 1440. The lowest BCUT2D eigenvalue weighted by Gasteiger charge is -2.35. The van der Waals surface area contributed by atoms with Crippen LogP contribution in [0.15, 0.2) is 41.1 Å². The second-order valence-electron chi connectivity index (χ2n) is 11.1. The predicted octanol–water partition coefficient (Wildman–Crippen LogP) is 4.31. The van der Waals surface area contributed by atoms with Crippen LogP contribution in [-0.4, -0.2) is 67.0 Å². The molecule has 1 aromatic carbocycles. The number of hydrogen-bond acceptors (Lipinski definition) is 7. The monoisotopic (exact) mass is 511 g/mol. The molecule has 0 bridgehead atoms. The highest BCUT2D eigenvalue weighted by molar-refractivity contribution is 5.81. The van der Waals surface area contributed by atoms with Crippen molar-refractivity contribution in [2.45, 2.75) is 57.4 Å². The van der Waals surface area contributed by atoms with Crippen molar-refractivity contribution >= 4 is 16.9 Å². The third-order valence-corrected chi connectivity index (χ3v) is 8.19. The maximum Gasteiger partial charge on any atom is 0.258 e. The minimum absolute atomic E-state index is 0.308. The van der Waals surface area contributed by atoms with Crippen LogP contribution in [-0.2, 0) is 17.8 Å². The van der Waals surface area contributed by atoms with Gasteiger partial charge in [0.25, 0.3) is 5.89 Å². The van der Waals surface area contributed by atoms with Gasteiger partial charge in [0.05, 0.1) is 11.0 Å². The summed E-state index contributed by atoms with van der Waals surface area (Å²) in [5, 5.41) is 4.25. The van der Waals surface area contributed by atoms with E-state index in [2.05, 4.69) is 37.1 Å². The van der Waals surface area contributed by atoms with Crippen LogP contribution in [0.5, 0.6) is 0 Å². The van der Waals surface area contributed by atoms with E-state index in [1.807, 2.05) is 29.3 Å². The van der Waals surface area contributed by atoms with Gasteiger partial charge in [-0.15, -0.1) is 0 Å². The molecule has 4 aromatic rings. The van der Waals surface area contributed by atoms with E-state index in [1.165, 1.54) is 18.4 Å². The standard InChI is InChI=1S/C29H33N7O2/c37-29(21-5-6-21)36-13-11-35(12-14-36)18-19-9-10-30-23(15-19)17-26-31-24-8-7-22(16-25(24)32-26)28-33-27(34-38-28)20-3-1-2-4-20/h7-10,15-16,20-21H,1-6,11-14,17-18H2,(H,31,32). The number of carbonyl (C=O) groups is 1. The number of piperazine rings is 1. The predicted molar refractivity (Wildman–Crippen MR) is 142 cm³/mol. The smallest absolute Gasteiger partial charge is 0.258 e. The van der Waals surface area contributed by atoms with E-state index in [1.54, 1.807) is 0 Å². The number of aromatic nitrogens is 5. The number of carbonyl (C=O) groups excluding carboxylic acids is 1. The molecule has 3 aromatic heterocycles. The van der Waals surface area contributed by atoms with Gasteiger partial charge in [-0.2, -0.15) is 4.98 Å². The molecule has 0 spiro atoms. The second-order valence-corrected chi connectivity index (χ2v) is 11.1. The first kappa shape index (κ1) is 23.5. The largest absolute Gasteiger partial charge is 0.342 e. The third kappa shape index (κ3) is 4.95. The zero-order chi connectivity index (χ0) is 25.5. The maximum atomic E-state index is 12.3. The zero-order valence-corrected chi connectivity index (χ0v) is 21.6. The Balaban J connectivity index is 1.00. The summed E-state index contributed by atoms with van der Waals surface area (Å²) in [4.78, 5) is 34.3. The highest BCUT2D eigenvalue weighted by Crippen LogP contribution is 2.34. The molecule has 1 N–H and O–H groups in total. The van der Waals surface area contributed by atoms with Crippen molar-refractivity contribution in [2.75, 3.05) is 26.2 Å². The van der Waals surface area contributed by atoms with Crippen LogP contribution in [0.3, 0.4) is 0 Å². The second kappa shape index (κ2) is 9.94. The molecular weight excluding hydrogens is 478 g/mol. The molecule has 7 rings (SSSR count). The number of amides is 1. The van der Waals surface area contributed by atoms with Gasteiger partial charge < -0.3 is 14.4 Å². The number of imidazole rings is 1. The molecule has 9 nitrogen and oxygen atoms in total. The number of nitrogens with one attached hydrogen (secondary N) is 1. The Morgan fingerprint density at radius 1 is 1.00 bits per heavy atom. The number of nitrogens with zero attached hydrogens (tertiary/aromatic N) is 6. The first-order valence-corrected chi connectivity index (χ1v) is 14.0. The Morgan fingerprint density at radius 2 is 1.84 bits per heavy atom. The molecule has 3 aliphatic rings. The summed E-state index contributed by atoms with van der Waals surface area (Å²) >= 11 is 0. The zero-order valence-electron chi connectivity index (χ0n) is 21.6. The average Bonchev–Trinajstić information content (AvgIpc) is 3.30. The normalized spacial score (nSPS) is 19.0. The summed E-state index contributed by atoms with van der Waals surface area (Å²) in [6.07, 6.45) is 9.45. The number of fused-ring (bicyclic) bond motifs is 1. The quantitative estimate of drug-likeness (QED) is 0.394. The number of hydrogen-bond donors (Lipinski definition) is 1. The van der Waals surface area contributed by atoms with Crippen LogP contribution < -0.4 is 0 Å². The van der Waals surface area contributed by atoms with Crippen molar-refractivity contribution in [3.8, 4) is 11.5 Å². The fraction of sp³-hybridized carbons (Fsp3) is 0.483. The number of aromatic amines is 1. The van der Waals surface area contributed by atoms with Crippen LogP contribution in [0, 0.1) is 5.92 Å². The minimum atomic E-state index is 0.308. The lowest BCUT2D eigenvalue weighted by atomic mass is 10.1. The molecule has 2 saturated carbocycles. The van der Waals surface area contributed by atoms with Gasteiger partial charge in [0, 0.05) is 68.4 Å². The van der Waals surface area contributed by atoms with Crippen LogP contribution in [0.1, 0.15) is 67.3 Å². The highest BCUT2D eigenvalue weighted by Gasteiger charge is 2.34. The first-order valence-electron chi connectivity index (χ1n) is 14.0. The highest BCUT2D eigenvalue weighted by atomic mass is 16.5. The number of H-pyrrole nitrogens is 1.